The second-order valence-corrected chi connectivity index (χ2v) is 9.48. The fourth-order valence-corrected chi connectivity index (χ4v) is 3.97. The van der Waals surface area contributed by atoms with Gasteiger partial charge in [0.25, 0.3) is 0 Å². The van der Waals surface area contributed by atoms with Crippen LogP contribution in [-0.4, -0.2) is 63.7 Å². The summed E-state index contributed by atoms with van der Waals surface area (Å²) in [6.07, 6.45) is 2.03. The lowest BCUT2D eigenvalue weighted by atomic mass is 10.3. The van der Waals surface area contributed by atoms with Crippen LogP contribution in [0, 0.1) is 11.3 Å². The number of aromatic nitrogens is 2. The largest absolute Gasteiger partial charge is 0.465 e. The van der Waals surface area contributed by atoms with Crippen LogP contribution in [0.1, 0.15) is 32.8 Å². The number of carbonyl (C=O) groups excluding carboxylic acids is 1. The SMILES string of the molecule is CCOC(=O)CN(C)c1nc(Nc2ccc(S(=O)(=O)NCCCNC(C)C)cc2)ncc1C#N. The summed E-state index contributed by atoms with van der Waals surface area (Å²) in [5.74, 6) is 0.0168. The molecule has 0 saturated carbocycles. The lowest BCUT2D eigenvalue weighted by molar-refractivity contribution is -0.141. The second-order valence-electron chi connectivity index (χ2n) is 7.71. The fraction of sp³-hybridized carbons (Fsp3) is 0.455. The van der Waals surface area contributed by atoms with E-state index in [1.165, 1.54) is 23.2 Å². The summed E-state index contributed by atoms with van der Waals surface area (Å²) in [7, 11) is -2.00. The maximum Gasteiger partial charge on any atom is 0.325 e. The van der Waals surface area contributed by atoms with Crippen molar-refractivity contribution in [3.8, 4) is 6.07 Å². The fourth-order valence-electron chi connectivity index (χ4n) is 2.89. The monoisotopic (exact) mass is 489 g/mol. The zero-order valence-electron chi connectivity index (χ0n) is 19.8. The third kappa shape index (κ3) is 8.26. The third-order valence-electron chi connectivity index (χ3n) is 4.54. The molecule has 0 saturated heterocycles. The molecule has 11 nitrogen and oxygen atoms in total. The van der Waals surface area contributed by atoms with Crippen LogP contribution in [-0.2, 0) is 19.6 Å². The first-order valence-corrected chi connectivity index (χ1v) is 12.4. The normalized spacial score (nSPS) is 11.2. The maximum absolute atomic E-state index is 12.5. The van der Waals surface area contributed by atoms with Crippen LogP contribution in [0.2, 0.25) is 0 Å². The molecule has 0 fully saturated rings. The predicted octanol–water partition coefficient (Wildman–Crippen LogP) is 1.76. The van der Waals surface area contributed by atoms with Gasteiger partial charge in [0.2, 0.25) is 16.0 Å². The van der Waals surface area contributed by atoms with Gasteiger partial charge in [-0.2, -0.15) is 10.2 Å². The number of nitrogens with zero attached hydrogens (tertiary/aromatic N) is 4. The first-order chi connectivity index (χ1) is 16.2. The molecule has 1 heterocycles. The van der Waals surface area contributed by atoms with Crippen LogP contribution in [0.15, 0.2) is 35.4 Å². The third-order valence-corrected chi connectivity index (χ3v) is 6.02. The van der Waals surface area contributed by atoms with Gasteiger partial charge in [-0.25, -0.2) is 18.1 Å². The summed E-state index contributed by atoms with van der Waals surface area (Å²) in [4.78, 5) is 21.9. The van der Waals surface area contributed by atoms with Crippen molar-refractivity contribution in [2.24, 2.45) is 0 Å². The number of hydrogen-bond donors (Lipinski definition) is 3. The topological polar surface area (TPSA) is 149 Å². The highest BCUT2D eigenvalue weighted by atomic mass is 32.2. The molecule has 34 heavy (non-hydrogen) atoms. The number of anilines is 3. The number of esters is 1. The van der Waals surface area contributed by atoms with Crippen molar-refractivity contribution in [3.63, 3.8) is 0 Å². The molecule has 184 valence electrons. The van der Waals surface area contributed by atoms with Gasteiger partial charge in [0.15, 0.2) is 5.82 Å². The highest BCUT2D eigenvalue weighted by Gasteiger charge is 2.16. The second kappa shape index (κ2) is 12.8. The van der Waals surface area contributed by atoms with Gasteiger partial charge in [-0.15, -0.1) is 0 Å². The Morgan fingerprint density at radius 2 is 1.94 bits per heavy atom. The Hall–Kier alpha value is -3.27. The number of benzene rings is 1. The molecule has 0 bridgehead atoms. The zero-order valence-corrected chi connectivity index (χ0v) is 20.6. The van der Waals surface area contributed by atoms with Crippen LogP contribution in [0.4, 0.5) is 17.5 Å². The molecule has 1 aromatic heterocycles. The van der Waals surface area contributed by atoms with Gasteiger partial charge in [-0.1, -0.05) is 13.8 Å². The Morgan fingerprint density at radius 1 is 1.24 bits per heavy atom. The molecule has 0 unspecified atom stereocenters. The molecular weight excluding hydrogens is 458 g/mol. The lowest BCUT2D eigenvalue weighted by Gasteiger charge is -2.18. The first kappa shape index (κ1) is 27.0. The van der Waals surface area contributed by atoms with Gasteiger partial charge in [0.1, 0.15) is 18.2 Å². The van der Waals surface area contributed by atoms with E-state index in [1.54, 1.807) is 26.1 Å². The van der Waals surface area contributed by atoms with Crippen LogP contribution < -0.4 is 20.3 Å². The van der Waals surface area contributed by atoms with E-state index in [9.17, 15) is 18.5 Å². The molecule has 1 aromatic carbocycles. The number of nitrogens with one attached hydrogen (secondary N) is 3. The van der Waals surface area contributed by atoms with Gasteiger partial charge >= 0.3 is 5.97 Å². The molecule has 0 amide bonds. The Balaban J connectivity index is 2.06. The van der Waals surface area contributed by atoms with Crippen molar-refractivity contribution in [1.82, 2.24) is 20.0 Å². The molecular formula is C22H31N7O4S. The molecule has 0 atom stereocenters. The van der Waals surface area contributed by atoms with Crippen molar-refractivity contribution in [2.45, 2.75) is 38.1 Å². The maximum atomic E-state index is 12.5. The highest BCUT2D eigenvalue weighted by molar-refractivity contribution is 7.89. The molecule has 0 aliphatic rings. The summed E-state index contributed by atoms with van der Waals surface area (Å²) >= 11 is 0. The standard InChI is InChI=1S/C22H31N7O4S/c1-5-33-20(30)15-29(4)21-17(13-23)14-25-22(28-21)27-18-7-9-19(10-8-18)34(31,32)26-12-6-11-24-16(2)3/h7-10,14,16,24,26H,5-6,11-12,15H2,1-4H3,(H,25,27,28). The molecule has 0 spiro atoms. The Labute approximate surface area is 200 Å². The molecule has 0 radical (unpaired) electrons. The number of ether oxygens (including phenoxy) is 1. The number of carbonyl (C=O) groups is 1. The van der Waals surface area contributed by atoms with Crippen molar-refractivity contribution >= 4 is 33.4 Å². The van der Waals surface area contributed by atoms with E-state index in [4.69, 9.17) is 4.74 Å². The van der Waals surface area contributed by atoms with Gasteiger partial charge in [-0.3, -0.25) is 4.79 Å². The number of hydrogen-bond acceptors (Lipinski definition) is 10. The summed E-state index contributed by atoms with van der Waals surface area (Å²) in [6.45, 7) is 7.02. The molecule has 2 rings (SSSR count). The van der Waals surface area contributed by atoms with E-state index < -0.39 is 16.0 Å². The number of nitriles is 1. The number of likely N-dealkylation sites (N-methyl/N-ethyl adjacent to an activating group) is 1. The Morgan fingerprint density at radius 3 is 2.56 bits per heavy atom. The minimum absolute atomic E-state index is 0.0773. The number of rotatable bonds is 13. The summed E-state index contributed by atoms with van der Waals surface area (Å²) < 4.78 is 32.5. The molecule has 12 heteroatoms. The van der Waals surface area contributed by atoms with E-state index >= 15 is 0 Å². The predicted molar refractivity (Wildman–Crippen MR) is 129 cm³/mol. The lowest BCUT2D eigenvalue weighted by Crippen LogP contribution is -2.29. The van der Waals surface area contributed by atoms with E-state index in [1.807, 2.05) is 19.9 Å². The average Bonchev–Trinajstić information content (AvgIpc) is 2.79. The van der Waals surface area contributed by atoms with E-state index in [0.717, 1.165) is 6.54 Å². The zero-order chi connectivity index (χ0) is 25.1. The molecule has 3 N–H and O–H groups in total. The molecule has 2 aromatic rings. The van der Waals surface area contributed by atoms with Gasteiger partial charge in [0.05, 0.1) is 17.7 Å². The summed E-state index contributed by atoms with van der Waals surface area (Å²) in [5, 5.41) is 15.6. The smallest absolute Gasteiger partial charge is 0.325 e. The van der Waals surface area contributed by atoms with Crippen LogP contribution in [0.5, 0.6) is 0 Å². The molecule has 0 aliphatic carbocycles. The van der Waals surface area contributed by atoms with Crippen LogP contribution in [0.3, 0.4) is 0 Å². The minimum Gasteiger partial charge on any atom is -0.465 e. The van der Waals surface area contributed by atoms with Crippen LogP contribution >= 0.6 is 0 Å². The molecule has 0 aliphatic heterocycles. The van der Waals surface area contributed by atoms with Gasteiger partial charge < -0.3 is 20.3 Å². The number of sulfonamides is 1. The van der Waals surface area contributed by atoms with Crippen molar-refractivity contribution < 1.29 is 17.9 Å². The Bertz CT molecular complexity index is 1100. The summed E-state index contributed by atoms with van der Waals surface area (Å²) in [5.41, 5.74) is 0.761. The quantitative estimate of drug-likeness (QED) is 0.280. The average molecular weight is 490 g/mol. The summed E-state index contributed by atoms with van der Waals surface area (Å²) in [6, 6.07) is 8.51. The van der Waals surface area contributed by atoms with Crippen molar-refractivity contribution in [2.75, 3.05) is 43.5 Å². The van der Waals surface area contributed by atoms with E-state index in [0.29, 0.717) is 24.7 Å². The Kier molecular flexibility index (Phi) is 10.2. The van der Waals surface area contributed by atoms with E-state index in [2.05, 4.69) is 25.3 Å². The van der Waals surface area contributed by atoms with Gasteiger partial charge in [0, 0.05) is 25.3 Å². The van der Waals surface area contributed by atoms with Crippen molar-refractivity contribution in [1.29, 1.82) is 5.26 Å². The highest BCUT2D eigenvalue weighted by Crippen LogP contribution is 2.21. The van der Waals surface area contributed by atoms with Gasteiger partial charge in [-0.05, 0) is 44.2 Å². The minimum atomic E-state index is -3.62. The first-order valence-electron chi connectivity index (χ1n) is 10.9. The van der Waals surface area contributed by atoms with E-state index in [-0.39, 0.29) is 35.4 Å². The van der Waals surface area contributed by atoms with Crippen molar-refractivity contribution in [3.05, 3.63) is 36.0 Å². The van der Waals surface area contributed by atoms with Crippen LogP contribution in [0.25, 0.3) is 0 Å².